The number of rotatable bonds is 2. The number of nitro groups is 1. The molecule has 1 aromatic heterocycles. The Hall–Kier alpha value is -1.49. The number of Topliss-reactive ketones (excluding diaryl/α,β-unsaturated/α-hetero) is 1. The standard InChI is InChI=1S/C11H11NO3S/c1-6-5-7(2)11(13)10(6)8-3-4-9(16-8)12(14)15/h3-4,7H,5H2,1-2H3. The van der Waals surface area contributed by atoms with Gasteiger partial charge in [-0.25, -0.2) is 0 Å². The van der Waals surface area contributed by atoms with Crippen LogP contribution in [-0.2, 0) is 4.79 Å². The Morgan fingerprint density at radius 2 is 2.19 bits per heavy atom. The fraction of sp³-hybridized carbons (Fsp3) is 0.364. The molecule has 1 unspecified atom stereocenters. The molecule has 2 rings (SSSR count). The molecule has 0 aromatic carbocycles. The van der Waals surface area contributed by atoms with E-state index in [9.17, 15) is 14.9 Å². The highest BCUT2D eigenvalue weighted by atomic mass is 32.1. The van der Waals surface area contributed by atoms with Gasteiger partial charge in [-0.3, -0.25) is 14.9 Å². The second kappa shape index (κ2) is 3.83. The molecule has 0 saturated heterocycles. The van der Waals surface area contributed by atoms with Crippen molar-refractivity contribution in [3.05, 3.63) is 32.7 Å². The van der Waals surface area contributed by atoms with Crippen molar-refractivity contribution in [1.82, 2.24) is 0 Å². The number of carbonyl (C=O) groups is 1. The van der Waals surface area contributed by atoms with Crippen LogP contribution in [0.3, 0.4) is 0 Å². The lowest BCUT2D eigenvalue weighted by Gasteiger charge is -1.99. The molecule has 0 spiro atoms. The minimum atomic E-state index is -0.424. The molecule has 1 aliphatic rings. The molecule has 16 heavy (non-hydrogen) atoms. The third kappa shape index (κ3) is 1.67. The maximum Gasteiger partial charge on any atom is 0.324 e. The van der Waals surface area contributed by atoms with E-state index in [2.05, 4.69) is 0 Å². The molecule has 1 aliphatic carbocycles. The van der Waals surface area contributed by atoms with Crippen LogP contribution in [-0.4, -0.2) is 10.7 Å². The van der Waals surface area contributed by atoms with Crippen LogP contribution in [0.5, 0.6) is 0 Å². The Morgan fingerprint density at radius 1 is 1.50 bits per heavy atom. The second-order valence-corrected chi connectivity index (χ2v) is 5.08. The van der Waals surface area contributed by atoms with Crippen molar-refractivity contribution >= 4 is 27.7 Å². The van der Waals surface area contributed by atoms with Gasteiger partial charge in [0, 0.05) is 22.4 Å². The average Bonchev–Trinajstić information content (AvgIpc) is 2.74. The predicted molar refractivity (Wildman–Crippen MR) is 62.4 cm³/mol. The minimum Gasteiger partial charge on any atom is -0.294 e. The summed E-state index contributed by atoms with van der Waals surface area (Å²) in [7, 11) is 0. The van der Waals surface area contributed by atoms with Crippen LogP contribution < -0.4 is 0 Å². The number of carbonyl (C=O) groups excluding carboxylic acids is 1. The quantitative estimate of drug-likeness (QED) is 0.586. The molecule has 0 saturated carbocycles. The molecule has 0 aliphatic heterocycles. The van der Waals surface area contributed by atoms with Gasteiger partial charge in [0.25, 0.3) is 0 Å². The number of thiophene rings is 1. The van der Waals surface area contributed by atoms with Crippen molar-refractivity contribution in [3.63, 3.8) is 0 Å². The maximum atomic E-state index is 11.9. The average molecular weight is 237 g/mol. The summed E-state index contributed by atoms with van der Waals surface area (Å²) in [4.78, 5) is 22.7. The van der Waals surface area contributed by atoms with Crippen molar-refractivity contribution in [1.29, 1.82) is 0 Å². The molecule has 0 fully saturated rings. The molecule has 0 N–H and O–H groups in total. The fourth-order valence-electron chi connectivity index (χ4n) is 2.00. The summed E-state index contributed by atoms with van der Waals surface area (Å²) in [6.07, 6.45) is 0.764. The lowest BCUT2D eigenvalue weighted by Crippen LogP contribution is -2.04. The number of hydrogen-bond donors (Lipinski definition) is 0. The third-order valence-electron chi connectivity index (χ3n) is 2.75. The number of allylic oxidation sites excluding steroid dienone is 2. The highest BCUT2D eigenvalue weighted by Crippen LogP contribution is 2.39. The highest BCUT2D eigenvalue weighted by molar-refractivity contribution is 7.16. The SMILES string of the molecule is CC1=C(c2ccc([N+](=O)[O-])s2)C(=O)C(C)C1. The molecule has 1 aromatic rings. The normalized spacial score (nSPS) is 20.6. The van der Waals surface area contributed by atoms with E-state index < -0.39 is 4.92 Å². The van der Waals surface area contributed by atoms with Gasteiger partial charge in [0.15, 0.2) is 5.78 Å². The van der Waals surface area contributed by atoms with Gasteiger partial charge in [0.1, 0.15) is 0 Å². The van der Waals surface area contributed by atoms with Crippen LogP contribution in [0.1, 0.15) is 25.1 Å². The number of nitrogens with zero attached hydrogens (tertiary/aromatic N) is 1. The van der Waals surface area contributed by atoms with E-state index in [1.54, 1.807) is 6.07 Å². The zero-order chi connectivity index (χ0) is 11.9. The molecule has 1 heterocycles. The monoisotopic (exact) mass is 237 g/mol. The van der Waals surface area contributed by atoms with Gasteiger partial charge in [-0.05, 0) is 19.4 Å². The first-order valence-corrected chi connectivity index (χ1v) is 5.81. The van der Waals surface area contributed by atoms with E-state index in [-0.39, 0.29) is 16.7 Å². The van der Waals surface area contributed by atoms with Gasteiger partial charge in [-0.2, -0.15) is 0 Å². The largest absolute Gasteiger partial charge is 0.324 e. The van der Waals surface area contributed by atoms with Crippen LogP contribution in [0.15, 0.2) is 17.7 Å². The van der Waals surface area contributed by atoms with Crippen LogP contribution >= 0.6 is 11.3 Å². The zero-order valence-corrected chi connectivity index (χ0v) is 9.84. The van der Waals surface area contributed by atoms with Crippen LogP contribution in [0.2, 0.25) is 0 Å². The summed E-state index contributed by atoms with van der Waals surface area (Å²) < 4.78 is 0. The molecule has 84 valence electrons. The van der Waals surface area contributed by atoms with Crippen molar-refractivity contribution in [2.24, 2.45) is 5.92 Å². The smallest absolute Gasteiger partial charge is 0.294 e. The van der Waals surface area contributed by atoms with E-state index in [1.165, 1.54) is 6.07 Å². The van der Waals surface area contributed by atoms with Crippen molar-refractivity contribution in [3.8, 4) is 0 Å². The van der Waals surface area contributed by atoms with E-state index in [4.69, 9.17) is 0 Å². The van der Waals surface area contributed by atoms with Gasteiger partial charge in [0.2, 0.25) is 0 Å². The van der Waals surface area contributed by atoms with Crippen LogP contribution in [0, 0.1) is 16.0 Å². The van der Waals surface area contributed by atoms with Gasteiger partial charge in [-0.15, -0.1) is 0 Å². The topological polar surface area (TPSA) is 60.2 Å². The van der Waals surface area contributed by atoms with Gasteiger partial charge in [-0.1, -0.05) is 23.8 Å². The van der Waals surface area contributed by atoms with Crippen LogP contribution in [0.4, 0.5) is 5.00 Å². The summed E-state index contributed by atoms with van der Waals surface area (Å²) in [5.74, 6) is 0.116. The number of hydrogen-bond acceptors (Lipinski definition) is 4. The Bertz CT molecular complexity index is 501. The first kappa shape index (κ1) is 11.0. The van der Waals surface area contributed by atoms with E-state index in [0.717, 1.165) is 28.2 Å². The second-order valence-electron chi connectivity index (χ2n) is 4.02. The van der Waals surface area contributed by atoms with Gasteiger partial charge >= 0.3 is 5.00 Å². The van der Waals surface area contributed by atoms with Crippen molar-refractivity contribution in [2.75, 3.05) is 0 Å². The first-order valence-electron chi connectivity index (χ1n) is 4.99. The lowest BCUT2D eigenvalue weighted by molar-refractivity contribution is -0.380. The van der Waals surface area contributed by atoms with Crippen molar-refractivity contribution < 1.29 is 9.72 Å². The maximum absolute atomic E-state index is 11.9. The molecule has 5 heteroatoms. The summed E-state index contributed by atoms with van der Waals surface area (Å²) in [6, 6.07) is 3.12. The van der Waals surface area contributed by atoms with Gasteiger partial charge < -0.3 is 0 Å². The zero-order valence-electron chi connectivity index (χ0n) is 9.02. The Balaban J connectivity index is 2.41. The molecular weight excluding hydrogens is 226 g/mol. The van der Waals surface area contributed by atoms with E-state index in [0.29, 0.717) is 5.57 Å². The first-order chi connectivity index (χ1) is 7.50. The molecule has 0 amide bonds. The Kier molecular flexibility index (Phi) is 2.63. The van der Waals surface area contributed by atoms with E-state index >= 15 is 0 Å². The Labute approximate surface area is 96.7 Å². The summed E-state index contributed by atoms with van der Waals surface area (Å²) in [6.45, 7) is 3.81. The van der Waals surface area contributed by atoms with Crippen LogP contribution in [0.25, 0.3) is 5.57 Å². The minimum absolute atomic E-state index is 0.0103. The fourth-order valence-corrected chi connectivity index (χ4v) is 2.95. The highest BCUT2D eigenvalue weighted by Gasteiger charge is 2.30. The summed E-state index contributed by atoms with van der Waals surface area (Å²) in [5, 5.41) is 10.7. The summed E-state index contributed by atoms with van der Waals surface area (Å²) >= 11 is 1.07. The Morgan fingerprint density at radius 3 is 2.62 bits per heavy atom. The van der Waals surface area contributed by atoms with Gasteiger partial charge in [0.05, 0.1) is 4.92 Å². The van der Waals surface area contributed by atoms with Crippen molar-refractivity contribution in [2.45, 2.75) is 20.3 Å². The molecule has 4 nitrogen and oxygen atoms in total. The third-order valence-corrected chi connectivity index (χ3v) is 3.81. The molecular formula is C11H11NO3S. The molecule has 0 bridgehead atoms. The molecule has 1 atom stereocenters. The lowest BCUT2D eigenvalue weighted by atomic mass is 10.1. The predicted octanol–water partition coefficient (Wildman–Crippen LogP) is 3.04. The summed E-state index contributed by atoms with van der Waals surface area (Å²) in [5.41, 5.74) is 1.72. The molecule has 0 radical (unpaired) electrons. The number of ketones is 1. The van der Waals surface area contributed by atoms with E-state index in [1.807, 2.05) is 13.8 Å².